The summed E-state index contributed by atoms with van der Waals surface area (Å²) >= 11 is 0. The molecule has 0 bridgehead atoms. The van der Waals surface area contributed by atoms with Gasteiger partial charge in [-0.1, -0.05) is 18.2 Å². The number of aromatic nitrogens is 2. The van der Waals surface area contributed by atoms with Gasteiger partial charge in [-0.2, -0.15) is 0 Å². The van der Waals surface area contributed by atoms with Crippen LogP contribution in [0.15, 0.2) is 60.9 Å². The standard InChI is InChI=1S/C16H13N3O2/c20-14-6-2-4-12(10-14)16(21)19-13-5-1-3-11(9-13)15-17-7-8-18-15/h1-10,20H,(H,17,18)(H,19,21). The fraction of sp³-hybridized carbons (Fsp3) is 0. The van der Waals surface area contributed by atoms with Crippen molar-refractivity contribution in [3.63, 3.8) is 0 Å². The van der Waals surface area contributed by atoms with Crippen molar-refractivity contribution in [1.29, 1.82) is 0 Å². The number of hydrogen-bond acceptors (Lipinski definition) is 3. The number of anilines is 1. The smallest absolute Gasteiger partial charge is 0.255 e. The van der Waals surface area contributed by atoms with E-state index < -0.39 is 0 Å². The lowest BCUT2D eigenvalue weighted by atomic mass is 10.1. The van der Waals surface area contributed by atoms with Gasteiger partial charge in [0.1, 0.15) is 11.6 Å². The first-order chi connectivity index (χ1) is 10.2. The van der Waals surface area contributed by atoms with Gasteiger partial charge < -0.3 is 15.4 Å². The van der Waals surface area contributed by atoms with Gasteiger partial charge in [-0.3, -0.25) is 4.79 Å². The molecule has 0 aliphatic heterocycles. The summed E-state index contributed by atoms with van der Waals surface area (Å²) in [6, 6.07) is 13.6. The average molecular weight is 279 g/mol. The Hall–Kier alpha value is -3.08. The van der Waals surface area contributed by atoms with E-state index in [9.17, 15) is 9.90 Å². The predicted molar refractivity (Wildman–Crippen MR) is 80.1 cm³/mol. The molecule has 3 rings (SSSR count). The molecule has 104 valence electrons. The lowest BCUT2D eigenvalue weighted by Crippen LogP contribution is -2.11. The summed E-state index contributed by atoms with van der Waals surface area (Å²) in [6.07, 6.45) is 3.42. The third kappa shape index (κ3) is 2.92. The van der Waals surface area contributed by atoms with E-state index in [0.717, 1.165) is 11.4 Å². The monoisotopic (exact) mass is 279 g/mol. The second kappa shape index (κ2) is 5.50. The number of phenolic OH excluding ortho intramolecular Hbond substituents is 1. The van der Waals surface area contributed by atoms with Crippen molar-refractivity contribution >= 4 is 11.6 Å². The number of hydrogen-bond donors (Lipinski definition) is 3. The van der Waals surface area contributed by atoms with Gasteiger partial charge in [0.05, 0.1) is 0 Å². The summed E-state index contributed by atoms with van der Waals surface area (Å²) < 4.78 is 0. The molecule has 3 aromatic rings. The molecule has 1 heterocycles. The number of nitrogens with zero attached hydrogens (tertiary/aromatic N) is 1. The highest BCUT2D eigenvalue weighted by Gasteiger charge is 2.08. The first-order valence-corrected chi connectivity index (χ1v) is 6.42. The third-order valence-electron chi connectivity index (χ3n) is 3.00. The third-order valence-corrected chi connectivity index (χ3v) is 3.00. The number of carbonyl (C=O) groups is 1. The molecule has 0 fully saturated rings. The molecule has 1 aromatic heterocycles. The van der Waals surface area contributed by atoms with Crippen LogP contribution in [0.4, 0.5) is 5.69 Å². The highest BCUT2D eigenvalue weighted by atomic mass is 16.3. The molecular weight excluding hydrogens is 266 g/mol. The zero-order chi connectivity index (χ0) is 14.7. The van der Waals surface area contributed by atoms with E-state index in [0.29, 0.717) is 11.3 Å². The minimum Gasteiger partial charge on any atom is -0.508 e. The van der Waals surface area contributed by atoms with Crippen LogP contribution in [0, 0.1) is 0 Å². The molecule has 1 amide bonds. The maximum atomic E-state index is 12.1. The maximum Gasteiger partial charge on any atom is 0.255 e. The summed E-state index contributed by atoms with van der Waals surface area (Å²) in [5.41, 5.74) is 1.95. The summed E-state index contributed by atoms with van der Waals surface area (Å²) in [5.74, 6) is 0.526. The zero-order valence-corrected chi connectivity index (χ0v) is 11.1. The Labute approximate surface area is 121 Å². The number of imidazole rings is 1. The average Bonchev–Trinajstić information content (AvgIpc) is 3.02. The molecular formula is C16H13N3O2. The van der Waals surface area contributed by atoms with E-state index in [2.05, 4.69) is 15.3 Å². The number of nitrogens with one attached hydrogen (secondary N) is 2. The highest BCUT2D eigenvalue weighted by Crippen LogP contribution is 2.20. The van der Waals surface area contributed by atoms with Crippen LogP contribution < -0.4 is 5.32 Å². The minimum atomic E-state index is -0.275. The quantitative estimate of drug-likeness (QED) is 0.689. The largest absolute Gasteiger partial charge is 0.508 e. The van der Waals surface area contributed by atoms with Gasteiger partial charge in [0.25, 0.3) is 5.91 Å². The second-order valence-electron chi connectivity index (χ2n) is 4.52. The molecule has 0 unspecified atom stereocenters. The number of rotatable bonds is 3. The molecule has 3 N–H and O–H groups in total. The number of aromatic hydroxyl groups is 1. The van der Waals surface area contributed by atoms with Crippen LogP contribution >= 0.6 is 0 Å². The SMILES string of the molecule is O=C(Nc1cccc(-c2ncc[nH]2)c1)c1cccc(O)c1. The van der Waals surface area contributed by atoms with Crippen LogP contribution in [-0.2, 0) is 0 Å². The molecule has 0 saturated heterocycles. The van der Waals surface area contributed by atoms with Gasteiger partial charge in [0, 0.05) is 29.2 Å². The lowest BCUT2D eigenvalue weighted by Gasteiger charge is -2.07. The van der Waals surface area contributed by atoms with Gasteiger partial charge in [-0.15, -0.1) is 0 Å². The molecule has 0 saturated carbocycles. The Morgan fingerprint density at radius 1 is 1.14 bits per heavy atom. The van der Waals surface area contributed by atoms with Crippen molar-refractivity contribution in [2.45, 2.75) is 0 Å². The van der Waals surface area contributed by atoms with Gasteiger partial charge in [-0.05, 0) is 30.3 Å². The van der Waals surface area contributed by atoms with E-state index in [1.54, 1.807) is 30.6 Å². The number of H-pyrrole nitrogens is 1. The molecule has 0 atom stereocenters. The van der Waals surface area contributed by atoms with E-state index in [-0.39, 0.29) is 11.7 Å². The van der Waals surface area contributed by atoms with Crippen LogP contribution in [0.25, 0.3) is 11.4 Å². The normalized spacial score (nSPS) is 10.3. The molecule has 0 aliphatic rings. The number of aromatic amines is 1. The highest BCUT2D eigenvalue weighted by molar-refractivity contribution is 6.04. The van der Waals surface area contributed by atoms with Gasteiger partial charge in [-0.25, -0.2) is 4.98 Å². The maximum absolute atomic E-state index is 12.1. The predicted octanol–water partition coefficient (Wildman–Crippen LogP) is 3.03. The van der Waals surface area contributed by atoms with Crippen molar-refractivity contribution < 1.29 is 9.90 Å². The number of benzene rings is 2. The Morgan fingerprint density at radius 3 is 2.76 bits per heavy atom. The van der Waals surface area contributed by atoms with Crippen LogP contribution in [0.2, 0.25) is 0 Å². The molecule has 0 spiro atoms. The van der Waals surface area contributed by atoms with Crippen LogP contribution in [0.3, 0.4) is 0 Å². The molecule has 5 nitrogen and oxygen atoms in total. The molecule has 2 aromatic carbocycles. The fourth-order valence-electron chi connectivity index (χ4n) is 2.02. The minimum absolute atomic E-state index is 0.0620. The van der Waals surface area contributed by atoms with E-state index in [4.69, 9.17) is 0 Å². The fourth-order valence-corrected chi connectivity index (χ4v) is 2.02. The molecule has 0 aliphatic carbocycles. The van der Waals surface area contributed by atoms with E-state index in [1.165, 1.54) is 12.1 Å². The second-order valence-corrected chi connectivity index (χ2v) is 4.52. The van der Waals surface area contributed by atoms with E-state index >= 15 is 0 Å². The van der Waals surface area contributed by atoms with Crippen molar-refractivity contribution in [2.24, 2.45) is 0 Å². The topological polar surface area (TPSA) is 78.0 Å². The van der Waals surface area contributed by atoms with Gasteiger partial charge in [0.2, 0.25) is 0 Å². The first-order valence-electron chi connectivity index (χ1n) is 6.42. The van der Waals surface area contributed by atoms with Gasteiger partial charge >= 0.3 is 0 Å². The van der Waals surface area contributed by atoms with Crippen LogP contribution in [0.1, 0.15) is 10.4 Å². The van der Waals surface area contributed by atoms with Crippen molar-refractivity contribution in [3.05, 3.63) is 66.5 Å². The Kier molecular flexibility index (Phi) is 3.39. The molecule has 0 radical (unpaired) electrons. The Balaban J connectivity index is 1.82. The van der Waals surface area contributed by atoms with Crippen molar-refractivity contribution in [1.82, 2.24) is 9.97 Å². The Morgan fingerprint density at radius 2 is 2.00 bits per heavy atom. The first kappa shape index (κ1) is 12.9. The molecule has 5 heteroatoms. The summed E-state index contributed by atoms with van der Waals surface area (Å²) in [4.78, 5) is 19.3. The van der Waals surface area contributed by atoms with E-state index in [1.807, 2.05) is 18.2 Å². The van der Waals surface area contributed by atoms with Gasteiger partial charge in [0.15, 0.2) is 0 Å². The Bertz CT molecular complexity index is 767. The number of carbonyl (C=O) groups excluding carboxylic acids is 1. The molecule has 21 heavy (non-hydrogen) atoms. The van der Waals surface area contributed by atoms with Crippen molar-refractivity contribution in [2.75, 3.05) is 5.32 Å². The summed E-state index contributed by atoms with van der Waals surface area (Å²) in [6.45, 7) is 0. The lowest BCUT2D eigenvalue weighted by molar-refractivity contribution is 0.102. The van der Waals surface area contributed by atoms with Crippen LogP contribution in [0.5, 0.6) is 5.75 Å². The van der Waals surface area contributed by atoms with Crippen molar-refractivity contribution in [3.8, 4) is 17.1 Å². The number of phenols is 1. The zero-order valence-electron chi connectivity index (χ0n) is 11.1. The number of amides is 1. The summed E-state index contributed by atoms with van der Waals surface area (Å²) in [5, 5.41) is 12.2. The summed E-state index contributed by atoms with van der Waals surface area (Å²) in [7, 11) is 0. The van der Waals surface area contributed by atoms with Crippen LogP contribution in [-0.4, -0.2) is 21.0 Å².